The lowest BCUT2D eigenvalue weighted by Gasteiger charge is -2.26. The van der Waals surface area contributed by atoms with Crippen LogP contribution in [-0.2, 0) is 0 Å². The quantitative estimate of drug-likeness (QED) is 0.483. The van der Waals surface area contributed by atoms with E-state index in [0.29, 0.717) is 11.4 Å². The highest BCUT2D eigenvalue weighted by molar-refractivity contribution is 5.61. The number of nitrogen functional groups attached to an aromatic ring is 1. The molecule has 1 aliphatic heterocycles. The number of non-ortho nitro benzene ring substituents is 1. The van der Waals surface area contributed by atoms with Crippen LogP contribution >= 0.6 is 0 Å². The normalized spacial score (nSPS) is 16.2. The number of piperidine rings is 1. The Labute approximate surface area is 112 Å². The lowest BCUT2D eigenvalue weighted by Crippen LogP contribution is -2.33. The van der Waals surface area contributed by atoms with Crippen molar-refractivity contribution in [2.75, 3.05) is 37.2 Å². The van der Waals surface area contributed by atoms with Crippen molar-refractivity contribution >= 4 is 17.1 Å². The van der Waals surface area contributed by atoms with E-state index < -0.39 is 4.92 Å². The van der Waals surface area contributed by atoms with Gasteiger partial charge in [0.15, 0.2) is 0 Å². The summed E-state index contributed by atoms with van der Waals surface area (Å²) in [7, 11) is 0. The topological polar surface area (TPSA) is 84.4 Å². The van der Waals surface area contributed by atoms with Gasteiger partial charge in [0.2, 0.25) is 0 Å². The van der Waals surface area contributed by atoms with Crippen LogP contribution < -0.4 is 11.1 Å². The van der Waals surface area contributed by atoms with Gasteiger partial charge in [-0.05, 0) is 32.0 Å². The number of nitro groups is 1. The van der Waals surface area contributed by atoms with Crippen molar-refractivity contribution in [3.05, 3.63) is 28.3 Å². The first kappa shape index (κ1) is 13.6. The third-order valence-corrected chi connectivity index (χ3v) is 3.36. The minimum atomic E-state index is -0.424. The molecule has 6 heteroatoms. The second kappa shape index (κ2) is 6.38. The monoisotopic (exact) mass is 264 g/mol. The first-order chi connectivity index (χ1) is 9.15. The van der Waals surface area contributed by atoms with Crippen LogP contribution in [0.1, 0.15) is 19.3 Å². The average molecular weight is 264 g/mol. The zero-order chi connectivity index (χ0) is 13.7. The molecule has 0 amide bonds. The molecular formula is C13H20N4O2. The van der Waals surface area contributed by atoms with Crippen LogP contribution in [0.2, 0.25) is 0 Å². The minimum Gasteiger partial charge on any atom is -0.398 e. The van der Waals surface area contributed by atoms with Crippen molar-refractivity contribution in [3.63, 3.8) is 0 Å². The van der Waals surface area contributed by atoms with Crippen LogP contribution in [0.25, 0.3) is 0 Å². The van der Waals surface area contributed by atoms with Crippen molar-refractivity contribution in [3.8, 4) is 0 Å². The molecule has 1 aromatic rings. The Morgan fingerprint density at radius 3 is 2.68 bits per heavy atom. The fourth-order valence-corrected chi connectivity index (χ4v) is 2.38. The molecule has 1 aromatic carbocycles. The minimum absolute atomic E-state index is 0.0282. The van der Waals surface area contributed by atoms with E-state index >= 15 is 0 Å². The molecule has 19 heavy (non-hydrogen) atoms. The van der Waals surface area contributed by atoms with E-state index in [0.717, 1.165) is 26.2 Å². The highest BCUT2D eigenvalue weighted by Crippen LogP contribution is 2.22. The largest absolute Gasteiger partial charge is 0.398 e. The second-order valence-electron chi connectivity index (χ2n) is 4.90. The number of anilines is 2. The fourth-order valence-electron chi connectivity index (χ4n) is 2.38. The van der Waals surface area contributed by atoms with Crippen LogP contribution in [0.15, 0.2) is 18.2 Å². The first-order valence-corrected chi connectivity index (χ1v) is 6.66. The number of rotatable bonds is 5. The van der Waals surface area contributed by atoms with Gasteiger partial charge < -0.3 is 16.0 Å². The Morgan fingerprint density at radius 2 is 2.00 bits per heavy atom. The number of hydrogen-bond acceptors (Lipinski definition) is 5. The van der Waals surface area contributed by atoms with Crippen LogP contribution in [0, 0.1) is 10.1 Å². The summed E-state index contributed by atoms with van der Waals surface area (Å²) in [5.74, 6) is 0. The first-order valence-electron chi connectivity index (χ1n) is 6.66. The standard InChI is InChI=1S/C13H20N4O2/c14-11-8-12(10-13(9-11)17(18)19)15-4-7-16-5-2-1-3-6-16/h8-10,15H,1-7,14H2. The number of nitrogens with one attached hydrogen (secondary N) is 1. The molecule has 104 valence electrons. The Bertz CT molecular complexity index is 444. The summed E-state index contributed by atoms with van der Waals surface area (Å²) in [6.45, 7) is 4.04. The molecule has 0 unspecified atom stereocenters. The SMILES string of the molecule is Nc1cc(NCCN2CCCCC2)cc([N+](=O)[O-])c1. The van der Waals surface area contributed by atoms with E-state index in [2.05, 4.69) is 10.2 Å². The molecule has 1 aliphatic rings. The van der Waals surface area contributed by atoms with Gasteiger partial charge in [0, 0.05) is 36.6 Å². The van der Waals surface area contributed by atoms with Gasteiger partial charge in [-0.25, -0.2) is 0 Å². The Balaban J connectivity index is 1.86. The van der Waals surface area contributed by atoms with Gasteiger partial charge in [-0.1, -0.05) is 6.42 Å². The van der Waals surface area contributed by atoms with E-state index in [1.54, 1.807) is 6.07 Å². The van der Waals surface area contributed by atoms with Crippen molar-refractivity contribution in [1.82, 2.24) is 4.90 Å². The molecule has 0 radical (unpaired) electrons. The zero-order valence-electron chi connectivity index (χ0n) is 11.0. The molecule has 0 aliphatic carbocycles. The highest BCUT2D eigenvalue weighted by Gasteiger charge is 2.10. The van der Waals surface area contributed by atoms with Crippen molar-refractivity contribution < 1.29 is 4.92 Å². The maximum atomic E-state index is 10.7. The Kier molecular flexibility index (Phi) is 4.57. The molecule has 0 atom stereocenters. The smallest absolute Gasteiger partial charge is 0.273 e. The van der Waals surface area contributed by atoms with Gasteiger partial charge in [0.25, 0.3) is 5.69 Å². The Morgan fingerprint density at radius 1 is 1.26 bits per heavy atom. The van der Waals surface area contributed by atoms with E-state index in [1.165, 1.54) is 31.4 Å². The molecule has 6 nitrogen and oxygen atoms in total. The zero-order valence-corrected chi connectivity index (χ0v) is 11.0. The molecule has 0 bridgehead atoms. The number of nitrogens with zero attached hydrogens (tertiary/aromatic N) is 2. The van der Waals surface area contributed by atoms with Crippen LogP contribution in [0.5, 0.6) is 0 Å². The average Bonchev–Trinajstić information content (AvgIpc) is 2.39. The van der Waals surface area contributed by atoms with Gasteiger partial charge in [-0.15, -0.1) is 0 Å². The van der Waals surface area contributed by atoms with Crippen molar-refractivity contribution in [2.45, 2.75) is 19.3 Å². The summed E-state index contributed by atoms with van der Waals surface area (Å²) < 4.78 is 0. The fraction of sp³-hybridized carbons (Fsp3) is 0.538. The highest BCUT2D eigenvalue weighted by atomic mass is 16.6. The predicted molar refractivity (Wildman–Crippen MR) is 76.3 cm³/mol. The maximum Gasteiger partial charge on any atom is 0.273 e. The van der Waals surface area contributed by atoms with Gasteiger partial charge >= 0.3 is 0 Å². The lowest BCUT2D eigenvalue weighted by molar-refractivity contribution is -0.384. The van der Waals surface area contributed by atoms with Crippen molar-refractivity contribution in [1.29, 1.82) is 0 Å². The van der Waals surface area contributed by atoms with Gasteiger partial charge in [0.1, 0.15) is 0 Å². The second-order valence-corrected chi connectivity index (χ2v) is 4.90. The van der Waals surface area contributed by atoms with E-state index in [1.807, 2.05) is 0 Å². The summed E-state index contributed by atoms with van der Waals surface area (Å²) in [4.78, 5) is 12.7. The molecule has 1 heterocycles. The summed E-state index contributed by atoms with van der Waals surface area (Å²) in [6.07, 6.45) is 3.86. The van der Waals surface area contributed by atoms with E-state index in [9.17, 15) is 10.1 Å². The lowest BCUT2D eigenvalue weighted by atomic mass is 10.1. The van der Waals surface area contributed by atoms with Gasteiger partial charge in [-0.2, -0.15) is 0 Å². The molecule has 1 fully saturated rings. The van der Waals surface area contributed by atoms with Gasteiger partial charge in [-0.3, -0.25) is 10.1 Å². The predicted octanol–water partition coefficient (Wildman–Crippen LogP) is 2.07. The number of hydrogen-bond donors (Lipinski definition) is 2. The third kappa shape index (κ3) is 4.10. The molecular weight excluding hydrogens is 244 g/mol. The molecule has 0 aromatic heterocycles. The Hall–Kier alpha value is -1.82. The number of likely N-dealkylation sites (tertiary alicyclic amines) is 1. The van der Waals surface area contributed by atoms with Crippen LogP contribution in [0.4, 0.5) is 17.1 Å². The molecule has 2 rings (SSSR count). The summed E-state index contributed by atoms with van der Waals surface area (Å²) >= 11 is 0. The summed E-state index contributed by atoms with van der Waals surface area (Å²) in [6, 6.07) is 4.62. The maximum absolute atomic E-state index is 10.7. The number of nitrogens with two attached hydrogens (primary N) is 1. The summed E-state index contributed by atoms with van der Waals surface area (Å²) in [5.41, 5.74) is 6.81. The van der Waals surface area contributed by atoms with Crippen LogP contribution in [-0.4, -0.2) is 36.0 Å². The molecule has 1 saturated heterocycles. The molecule has 0 spiro atoms. The van der Waals surface area contributed by atoms with Crippen molar-refractivity contribution in [2.24, 2.45) is 0 Å². The summed E-state index contributed by atoms with van der Waals surface area (Å²) in [5, 5.41) is 13.9. The van der Waals surface area contributed by atoms with E-state index in [4.69, 9.17) is 5.73 Å². The third-order valence-electron chi connectivity index (χ3n) is 3.36. The number of nitro benzene ring substituents is 1. The van der Waals surface area contributed by atoms with E-state index in [-0.39, 0.29) is 5.69 Å². The van der Waals surface area contributed by atoms with Crippen LogP contribution in [0.3, 0.4) is 0 Å². The van der Waals surface area contributed by atoms with Gasteiger partial charge in [0.05, 0.1) is 4.92 Å². The molecule has 3 N–H and O–H groups in total. The number of benzene rings is 1. The molecule has 0 saturated carbocycles.